The average molecular weight is 407 g/mol. The van der Waals surface area contributed by atoms with E-state index in [1.54, 1.807) is 7.05 Å². The number of rotatable bonds is 6. The molecule has 3 rings (SSSR count). The standard InChI is InChI=1S/C22H28F3N3O/c1-15(2)13-16-9-11-17(12-10-16)28(3)20-19(22(23,24)25)14-26-21(27-20)29-18-7-5-4-6-8-18/h9-12,14-15,18H,4-8,13H2,1-3H3. The van der Waals surface area contributed by atoms with E-state index in [2.05, 4.69) is 23.8 Å². The first-order valence-electron chi connectivity index (χ1n) is 10.2. The van der Waals surface area contributed by atoms with Crippen molar-refractivity contribution in [2.45, 2.75) is 64.7 Å². The van der Waals surface area contributed by atoms with Crippen LogP contribution in [0.5, 0.6) is 6.01 Å². The highest BCUT2D eigenvalue weighted by Gasteiger charge is 2.37. The summed E-state index contributed by atoms with van der Waals surface area (Å²) in [7, 11) is 1.58. The summed E-state index contributed by atoms with van der Waals surface area (Å²) in [5.74, 6) is 0.312. The molecule has 2 aromatic rings. The quantitative estimate of drug-likeness (QED) is 0.574. The van der Waals surface area contributed by atoms with E-state index in [0.717, 1.165) is 50.3 Å². The maximum atomic E-state index is 13.6. The molecule has 158 valence electrons. The van der Waals surface area contributed by atoms with Crippen molar-refractivity contribution in [1.82, 2.24) is 9.97 Å². The number of alkyl halides is 3. The SMILES string of the molecule is CC(C)Cc1ccc(N(C)c2nc(OC3CCCCC3)ncc2C(F)(F)F)cc1. The zero-order chi connectivity index (χ0) is 21.0. The molecule has 0 aliphatic heterocycles. The highest BCUT2D eigenvalue weighted by molar-refractivity contribution is 5.63. The van der Waals surface area contributed by atoms with Crippen molar-refractivity contribution in [2.75, 3.05) is 11.9 Å². The second kappa shape index (κ2) is 9.01. The monoisotopic (exact) mass is 407 g/mol. The van der Waals surface area contributed by atoms with Gasteiger partial charge in [-0.3, -0.25) is 0 Å². The lowest BCUT2D eigenvalue weighted by molar-refractivity contribution is -0.137. The number of ether oxygens (including phenoxy) is 1. The van der Waals surface area contributed by atoms with Gasteiger partial charge >= 0.3 is 12.2 Å². The maximum absolute atomic E-state index is 13.6. The van der Waals surface area contributed by atoms with Gasteiger partial charge in [0.1, 0.15) is 11.7 Å². The van der Waals surface area contributed by atoms with Crippen molar-refractivity contribution in [3.8, 4) is 6.01 Å². The lowest BCUT2D eigenvalue weighted by Gasteiger charge is -2.25. The fourth-order valence-corrected chi connectivity index (χ4v) is 3.65. The van der Waals surface area contributed by atoms with E-state index < -0.39 is 11.7 Å². The zero-order valence-corrected chi connectivity index (χ0v) is 17.2. The molecule has 7 heteroatoms. The van der Waals surface area contributed by atoms with Gasteiger partial charge in [-0.2, -0.15) is 18.2 Å². The third-order valence-corrected chi connectivity index (χ3v) is 5.16. The summed E-state index contributed by atoms with van der Waals surface area (Å²) in [6, 6.07) is 7.53. The molecule has 0 saturated heterocycles. The van der Waals surface area contributed by atoms with Gasteiger partial charge < -0.3 is 9.64 Å². The van der Waals surface area contributed by atoms with Crippen molar-refractivity contribution in [2.24, 2.45) is 5.92 Å². The molecule has 0 spiro atoms. The van der Waals surface area contributed by atoms with E-state index >= 15 is 0 Å². The Kier molecular flexibility index (Phi) is 6.65. The van der Waals surface area contributed by atoms with E-state index in [1.165, 1.54) is 4.90 Å². The number of nitrogens with zero attached hydrogens (tertiary/aromatic N) is 3. The van der Waals surface area contributed by atoms with Crippen molar-refractivity contribution < 1.29 is 17.9 Å². The van der Waals surface area contributed by atoms with Crippen LogP contribution in [0.25, 0.3) is 0 Å². The lowest BCUT2D eigenvalue weighted by atomic mass is 9.98. The highest BCUT2D eigenvalue weighted by atomic mass is 19.4. The Morgan fingerprint density at radius 2 is 1.76 bits per heavy atom. The molecule has 0 unspecified atom stereocenters. The minimum atomic E-state index is -4.55. The van der Waals surface area contributed by atoms with Crippen molar-refractivity contribution in [3.63, 3.8) is 0 Å². The average Bonchev–Trinajstić information content (AvgIpc) is 2.67. The summed E-state index contributed by atoms with van der Waals surface area (Å²) in [5.41, 5.74) is 0.907. The van der Waals surface area contributed by atoms with Gasteiger partial charge in [0.25, 0.3) is 0 Å². The van der Waals surface area contributed by atoms with Crippen LogP contribution < -0.4 is 9.64 Å². The van der Waals surface area contributed by atoms with Crippen LogP contribution in [0.15, 0.2) is 30.5 Å². The molecule has 1 heterocycles. The van der Waals surface area contributed by atoms with Gasteiger partial charge in [0.05, 0.1) is 0 Å². The Balaban J connectivity index is 1.88. The molecule has 0 bridgehead atoms. The minimum Gasteiger partial charge on any atom is -0.460 e. The molecule has 0 N–H and O–H groups in total. The fourth-order valence-electron chi connectivity index (χ4n) is 3.65. The maximum Gasteiger partial charge on any atom is 0.421 e. The number of aromatic nitrogens is 2. The molecule has 0 amide bonds. The number of benzene rings is 1. The van der Waals surface area contributed by atoms with Crippen molar-refractivity contribution in [1.29, 1.82) is 0 Å². The van der Waals surface area contributed by atoms with E-state index in [1.807, 2.05) is 24.3 Å². The first-order chi connectivity index (χ1) is 13.7. The fraction of sp³-hybridized carbons (Fsp3) is 0.545. The summed E-state index contributed by atoms with van der Waals surface area (Å²) in [5, 5.41) is 0. The van der Waals surface area contributed by atoms with Crippen LogP contribution in [0, 0.1) is 5.92 Å². The van der Waals surface area contributed by atoms with Gasteiger partial charge in [-0.15, -0.1) is 0 Å². The zero-order valence-electron chi connectivity index (χ0n) is 17.2. The first kappa shape index (κ1) is 21.4. The third-order valence-electron chi connectivity index (χ3n) is 5.16. The third kappa shape index (κ3) is 5.61. The molecule has 29 heavy (non-hydrogen) atoms. The summed E-state index contributed by atoms with van der Waals surface area (Å²) in [6.07, 6.45) is 2.20. The molecule has 4 nitrogen and oxygen atoms in total. The van der Waals surface area contributed by atoms with Crippen molar-refractivity contribution in [3.05, 3.63) is 41.6 Å². The van der Waals surface area contributed by atoms with Crippen LogP contribution >= 0.6 is 0 Å². The predicted octanol–water partition coefficient (Wildman–Crippen LogP) is 6.17. The normalized spacial score (nSPS) is 15.6. The van der Waals surface area contributed by atoms with Crippen LogP contribution in [0.4, 0.5) is 24.7 Å². The molecule has 0 atom stereocenters. The largest absolute Gasteiger partial charge is 0.460 e. The van der Waals surface area contributed by atoms with Gasteiger partial charge in [-0.05, 0) is 55.7 Å². The molecule has 1 fully saturated rings. The predicted molar refractivity (Wildman–Crippen MR) is 108 cm³/mol. The Hall–Kier alpha value is -2.31. The smallest absolute Gasteiger partial charge is 0.421 e. The Labute approximate surface area is 170 Å². The Morgan fingerprint density at radius 1 is 1.10 bits per heavy atom. The topological polar surface area (TPSA) is 38.2 Å². The van der Waals surface area contributed by atoms with Crippen LogP contribution in [0.2, 0.25) is 0 Å². The number of hydrogen-bond acceptors (Lipinski definition) is 4. The molecule has 1 saturated carbocycles. The van der Waals surface area contributed by atoms with Crippen LogP contribution in [0.1, 0.15) is 57.1 Å². The highest BCUT2D eigenvalue weighted by Crippen LogP contribution is 2.38. The minimum absolute atomic E-state index is 0.00294. The molecule has 1 aromatic carbocycles. The van der Waals surface area contributed by atoms with Crippen LogP contribution in [0.3, 0.4) is 0 Å². The van der Waals surface area contributed by atoms with Gasteiger partial charge in [0.15, 0.2) is 5.82 Å². The molecule has 0 radical (unpaired) electrons. The second-order valence-electron chi connectivity index (χ2n) is 8.09. The van der Waals surface area contributed by atoms with E-state index in [4.69, 9.17) is 4.74 Å². The van der Waals surface area contributed by atoms with E-state index in [0.29, 0.717) is 11.6 Å². The number of anilines is 2. The Morgan fingerprint density at radius 3 is 2.34 bits per heavy atom. The number of halogens is 3. The molecule has 1 aliphatic carbocycles. The van der Waals surface area contributed by atoms with Gasteiger partial charge in [0, 0.05) is 18.9 Å². The van der Waals surface area contributed by atoms with Crippen LogP contribution in [-0.4, -0.2) is 23.1 Å². The van der Waals surface area contributed by atoms with Gasteiger partial charge in [-0.25, -0.2) is 4.98 Å². The second-order valence-corrected chi connectivity index (χ2v) is 8.09. The van der Waals surface area contributed by atoms with Gasteiger partial charge in [0.2, 0.25) is 0 Å². The molecular formula is C22H28F3N3O. The summed E-state index contributed by atoms with van der Waals surface area (Å²) >= 11 is 0. The first-order valence-corrected chi connectivity index (χ1v) is 10.2. The summed E-state index contributed by atoms with van der Waals surface area (Å²) in [6.45, 7) is 4.26. The van der Waals surface area contributed by atoms with Gasteiger partial charge in [-0.1, -0.05) is 32.4 Å². The Bertz CT molecular complexity index is 800. The lowest BCUT2D eigenvalue weighted by Crippen LogP contribution is -2.23. The van der Waals surface area contributed by atoms with Crippen LogP contribution in [-0.2, 0) is 12.6 Å². The van der Waals surface area contributed by atoms with Crippen molar-refractivity contribution >= 4 is 11.5 Å². The summed E-state index contributed by atoms with van der Waals surface area (Å²) in [4.78, 5) is 9.44. The summed E-state index contributed by atoms with van der Waals surface area (Å²) < 4.78 is 46.5. The molecule has 1 aliphatic rings. The van der Waals surface area contributed by atoms with E-state index in [9.17, 15) is 13.2 Å². The number of hydrogen-bond donors (Lipinski definition) is 0. The molecular weight excluding hydrogens is 379 g/mol. The molecule has 1 aromatic heterocycles. The van der Waals surface area contributed by atoms with E-state index in [-0.39, 0.29) is 17.9 Å².